The summed E-state index contributed by atoms with van der Waals surface area (Å²) in [5, 5.41) is 0. The summed E-state index contributed by atoms with van der Waals surface area (Å²) in [6.45, 7) is 2.07. The van der Waals surface area contributed by atoms with E-state index in [1.165, 1.54) is 9.26 Å². The molecule has 12 heavy (non-hydrogen) atoms. The highest BCUT2D eigenvalue weighted by atomic mass is 127. The molecule has 0 aromatic carbocycles. The predicted octanol–water partition coefficient (Wildman–Crippen LogP) is 3.01. The lowest BCUT2D eigenvalue weighted by molar-refractivity contribution is 1.09. The summed E-state index contributed by atoms with van der Waals surface area (Å²) in [5.41, 5.74) is 2.21. The van der Waals surface area contributed by atoms with Crippen molar-refractivity contribution in [1.82, 2.24) is 9.38 Å². The number of rotatable bonds is 0. The first-order valence-electron chi connectivity index (χ1n) is 3.48. The molecule has 2 rings (SSSR count). The van der Waals surface area contributed by atoms with Gasteiger partial charge in [0.2, 0.25) is 0 Å². The average Bonchev–Trinajstić information content (AvgIpc) is 2.41. The number of pyridine rings is 1. The van der Waals surface area contributed by atoms with E-state index in [4.69, 9.17) is 0 Å². The van der Waals surface area contributed by atoms with E-state index in [0.717, 1.165) is 10.3 Å². The summed E-state index contributed by atoms with van der Waals surface area (Å²) in [7, 11) is 0. The Bertz CT molecular complexity index is 397. The van der Waals surface area contributed by atoms with Gasteiger partial charge in [0.05, 0.1) is 3.57 Å². The van der Waals surface area contributed by atoms with Crippen LogP contribution in [0.1, 0.15) is 5.69 Å². The lowest BCUT2D eigenvalue weighted by Crippen LogP contribution is -1.90. The van der Waals surface area contributed by atoms with Crippen LogP contribution in [0.5, 0.6) is 0 Å². The summed E-state index contributed by atoms with van der Waals surface area (Å²) in [4.78, 5) is 4.35. The fourth-order valence-electron chi connectivity index (χ4n) is 1.14. The number of aromatic nitrogens is 2. The number of hydrogen-bond acceptors (Lipinski definition) is 1. The first kappa shape index (κ1) is 8.50. The van der Waals surface area contributed by atoms with Crippen LogP contribution in [0.2, 0.25) is 0 Å². The summed E-state index contributed by atoms with van der Waals surface area (Å²) < 4.78 is 4.13. The molecule has 0 bridgehead atoms. The minimum atomic E-state index is 0.884. The first-order chi connectivity index (χ1) is 5.68. The quantitative estimate of drug-likeness (QED) is 0.676. The molecule has 0 saturated heterocycles. The topological polar surface area (TPSA) is 17.3 Å². The molecule has 2 heterocycles. The highest BCUT2D eigenvalue weighted by Crippen LogP contribution is 2.18. The van der Waals surface area contributed by atoms with Crippen LogP contribution in [-0.2, 0) is 0 Å². The second-order valence-corrected chi connectivity index (χ2v) is 4.55. The van der Waals surface area contributed by atoms with Crippen molar-refractivity contribution in [2.75, 3.05) is 0 Å². The molecule has 0 radical (unpaired) electrons. The van der Waals surface area contributed by atoms with Gasteiger partial charge in [-0.1, -0.05) is 0 Å². The highest BCUT2D eigenvalue weighted by Gasteiger charge is 2.03. The number of aryl methyl sites for hydroxylation is 1. The molecule has 4 heteroatoms. The third kappa shape index (κ3) is 1.26. The molecule has 0 aliphatic heterocycles. The molecule has 0 saturated carbocycles. The number of halogens is 2. The van der Waals surface area contributed by atoms with Crippen molar-refractivity contribution in [3.63, 3.8) is 0 Å². The van der Waals surface area contributed by atoms with Gasteiger partial charge >= 0.3 is 0 Å². The summed E-state index contributed by atoms with van der Waals surface area (Å²) >= 11 is 5.64. The van der Waals surface area contributed by atoms with Gasteiger partial charge in [0, 0.05) is 11.9 Å². The van der Waals surface area contributed by atoms with Crippen molar-refractivity contribution in [2.24, 2.45) is 0 Å². The zero-order chi connectivity index (χ0) is 8.72. The van der Waals surface area contributed by atoms with Gasteiger partial charge in [0.1, 0.15) is 4.60 Å². The van der Waals surface area contributed by atoms with E-state index in [2.05, 4.69) is 67.0 Å². The average molecular weight is 337 g/mol. The normalized spacial score (nSPS) is 10.9. The van der Waals surface area contributed by atoms with Crippen LogP contribution < -0.4 is 0 Å². The molecular weight excluding hydrogens is 331 g/mol. The van der Waals surface area contributed by atoms with Gasteiger partial charge in [-0.2, -0.15) is 0 Å². The van der Waals surface area contributed by atoms with Crippen LogP contribution in [0, 0.1) is 10.5 Å². The Morgan fingerprint density at radius 2 is 2.25 bits per heavy atom. The third-order valence-corrected chi connectivity index (χ3v) is 2.97. The number of nitrogens with zero attached hydrogens (tertiary/aromatic N) is 2. The summed E-state index contributed by atoms with van der Waals surface area (Å²) in [6, 6.07) is 4.16. The Morgan fingerprint density at radius 3 is 2.92 bits per heavy atom. The molecule has 0 unspecified atom stereocenters. The van der Waals surface area contributed by atoms with Crippen molar-refractivity contribution >= 4 is 44.2 Å². The molecule has 0 atom stereocenters. The van der Waals surface area contributed by atoms with Crippen LogP contribution in [0.15, 0.2) is 22.9 Å². The molecule has 0 spiro atoms. The van der Waals surface area contributed by atoms with Gasteiger partial charge in [-0.3, -0.25) is 0 Å². The van der Waals surface area contributed by atoms with Crippen LogP contribution in [0.25, 0.3) is 5.65 Å². The standard InChI is InChI=1S/C8H6BrIN2/c1-5-2-3-6(10)8-11-7(9)4-12(5)8/h2-4H,1H3. The van der Waals surface area contributed by atoms with Gasteiger partial charge in [0.25, 0.3) is 0 Å². The molecule has 2 nitrogen and oxygen atoms in total. The third-order valence-electron chi connectivity index (χ3n) is 1.74. The van der Waals surface area contributed by atoms with Gasteiger partial charge in [-0.15, -0.1) is 0 Å². The molecule has 62 valence electrons. The van der Waals surface area contributed by atoms with E-state index in [1.807, 2.05) is 6.20 Å². The van der Waals surface area contributed by atoms with Crippen molar-refractivity contribution in [3.05, 3.63) is 32.2 Å². The lowest BCUT2D eigenvalue weighted by atomic mass is 10.4. The van der Waals surface area contributed by atoms with Crippen molar-refractivity contribution < 1.29 is 0 Å². The maximum absolute atomic E-state index is 4.35. The minimum Gasteiger partial charge on any atom is -0.302 e. The van der Waals surface area contributed by atoms with E-state index in [-0.39, 0.29) is 0 Å². The number of imidazole rings is 1. The van der Waals surface area contributed by atoms with Crippen LogP contribution in [-0.4, -0.2) is 9.38 Å². The van der Waals surface area contributed by atoms with Crippen molar-refractivity contribution in [2.45, 2.75) is 6.92 Å². The van der Waals surface area contributed by atoms with Crippen LogP contribution in [0.3, 0.4) is 0 Å². The van der Waals surface area contributed by atoms with E-state index in [1.54, 1.807) is 0 Å². The predicted molar refractivity (Wildman–Crippen MR) is 60.3 cm³/mol. The Hall–Kier alpha value is -0.100. The molecule has 0 amide bonds. The van der Waals surface area contributed by atoms with Gasteiger partial charge in [-0.25, -0.2) is 4.98 Å². The van der Waals surface area contributed by atoms with E-state index in [0.29, 0.717) is 0 Å². The van der Waals surface area contributed by atoms with E-state index in [9.17, 15) is 0 Å². The minimum absolute atomic E-state index is 0.884. The molecule has 0 aliphatic carbocycles. The monoisotopic (exact) mass is 336 g/mol. The van der Waals surface area contributed by atoms with Crippen molar-refractivity contribution in [3.8, 4) is 0 Å². The van der Waals surface area contributed by atoms with Gasteiger partial charge in [-0.05, 0) is 57.6 Å². The number of hydrogen-bond donors (Lipinski definition) is 0. The molecular formula is C8H6BrIN2. The van der Waals surface area contributed by atoms with Gasteiger partial charge < -0.3 is 4.40 Å². The lowest BCUT2D eigenvalue weighted by Gasteiger charge is -1.99. The molecule has 0 aliphatic rings. The fourth-order valence-corrected chi connectivity index (χ4v) is 2.07. The van der Waals surface area contributed by atoms with Crippen LogP contribution in [0.4, 0.5) is 0 Å². The summed E-state index contributed by atoms with van der Waals surface area (Å²) in [6.07, 6.45) is 1.98. The highest BCUT2D eigenvalue weighted by molar-refractivity contribution is 14.1. The number of fused-ring (bicyclic) bond motifs is 1. The molecule has 0 fully saturated rings. The Labute approximate surface area is 92.3 Å². The molecule has 2 aromatic heterocycles. The Kier molecular flexibility index (Phi) is 2.12. The van der Waals surface area contributed by atoms with E-state index >= 15 is 0 Å². The Morgan fingerprint density at radius 1 is 1.50 bits per heavy atom. The molecule has 0 N–H and O–H groups in total. The second kappa shape index (κ2) is 2.99. The van der Waals surface area contributed by atoms with Crippen LogP contribution >= 0.6 is 38.5 Å². The maximum atomic E-state index is 4.35. The smallest absolute Gasteiger partial charge is 0.151 e. The van der Waals surface area contributed by atoms with E-state index < -0.39 is 0 Å². The van der Waals surface area contributed by atoms with Crippen molar-refractivity contribution in [1.29, 1.82) is 0 Å². The summed E-state index contributed by atoms with van der Waals surface area (Å²) in [5.74, 6) is 0. The maximum Gasteiger partial charge on any atom is 0.151 e. The molecule has 2 aromatic rings. The second-order valence-electron chi connectivity index (χ2n) is 2.58. The zero-order valence-electron chi connectivity index (χ0n) is 6.38. The van der Waals surface area contributed by atoms with Gasteiger partial charge in [0.15, 0.2) is 5.65 Å². The Balaban J connectivity index is 2.93. The SMILES string of the molecule is Cc1ccc(I)c2nc(Br)cn12. The largest absolute Gasteiger partial charge is 0.302 e. The first-order valence-corrected chi connectivity index (χ1v) is 5.35. The fraction of sp³-hybridized carbons (Fsp3) is 0.125. The zero-order valence-corrected chi connectivity index (χ0v) is 10.1.